The van der Waals surface area contributed by atoms with Crippen LogP contribution >= 0.6 is 11.3 Å². The number of nitrogens with one attached hydrogen (secondary N) is 1. The Kier molecular flexibility index (Phi) is 3.66. The zero-order valence-electron chi connectivity index (χ0n) is 12.8. The Morgan fingerprint density at radius 3 is 2.50 bits per heavy atom. The third kappa shape index (κ3) is 2.85. The Labute approximate surface area is 133 Å². The van der Waals surface area contributed by atoms with Gasteiger partial charge in [0.2, 0.25) is 0 Å². The Morgan fingerprint density at radius 1 is 1.09 bits per heavy atom. The van der Waals surface area contributed by atoms with Crippen molar-refractivity contribution in [1.82, 2.24) is 9.97 Å². The van der Waals surface area contributed by atoms with Crippen molar-refractivity contribution in [3.8, 4) is 0 Å². The van der Waals surface area contributed by atoms with Crippen LogP contribution in [0.5, 0.6) is 0 Å². The number of rotatable bonds is 2. The molecule has 0 spiro atoms. The van der Waals surface area contributed by atoms with E-state index in [0.717, 1.165) is 10.2 Å². The predicted octanol–water partition coefficient (Wildman–Crippen LogP) is 4.24. The fraction of sp³-hybridized carbons (Fsp3) is 0.235. The fourth-order valence-corrected chi connectivity index (χ4v) is 2.92. The van der Waals surface area contributed by atoms with Crippen LogP contribution in [0.25, 0.3) is 10.2 Å². The van der Waals surface area contributed by atoms with E-state index >= 15 is 0 Å². The monoisotopic (exact) mass is 311 g/mol. The molecular formula is C17H17N3OS. The second-order valence-electron chi connectivity index (χ2n) is 6.14. The maximum Gasteiger partial charge on any atom is 0.256 e. The SMILES string of the molecule is CC(C)(C)c1ccc(C(=O)Nc2ncnc3sccc23)cc1. The van der Waals surface area contributed by atoms with Crippen molar-refractivity contribution in [2.75, 3.05) is 5.32 Å². The van der Waals surface area contributed by atoms with Gasteiger partial charge in [0.05, 0.1) is 5.39 Å². The number of nitrogens with zero attached hydrogens (tertiary/aromatic N) is 2. The number of aromatic nitrogens is 2. The molecule has 112 valence electrons. The molecule has 0 aliphatic heterocycles. The number of carbonyl (C=O) groups is 1. The number of thiophene rings is 1. The Hall–Kier alpha value is -2.27. The molecule has 0 aliphatic rings. The van der Waals surface area contributed by atoms with Crippen LogP contribution < -0.4 is 5.32 Å². The van der Waals surface area contributed by atoms with Crippen molar-refractivity contribution in [3.63, 3.8) is 0 Å². The number of fused-ring (bicyclic) bond motifs is 1. The molecule has 22 heavy (non-hydrogen) atoms. The molecule has 2 aromatic heterocycles. The Balaban J connectivity index is 1.84. The molecule has 0 saturated heterocycles. The van der Waals surface area contributed by atoms with Crippen molar-refractivity contribution >= 4 is 33.3 Å². The minimum absolute atomic E-state index is 0.0739. The van der Waals surface area contributed by atoms with Gasteiger partial charge in [-0.3, -0.25) is 4.79 Å². The summed E-state index contributed by atoms with van der Waals surface area (Å²) in [6, 6.07) is 9.60. The molecule has 4 nitrogen and oxygen atoms in total. The highest BCUT2D eigenvalue weighted by molar-refractivity contribution is 7.16. The normalized spacial score (nSPS) is 11.6. The number of benzene rings is 1. The van der Waals surface area contributed by atoms with Crippen molar-refractivity contribution in [2.24, 2.45) is 0 Å². The van der Waals surface area contributed by atoms with Gasteiger partial charge in [0, 0.05) is 5.56 Å². The van der Waals surface area contributed by atoms with Crippen LogP contribution in [0.1, 0.15) is 36.7 Å². The average molecular weight is 311 g/mol. The molecule has 1 N–H and O–H groups in total. The van der Waals surface area contributed by atoms with Crippen LogP contribution in [0.15, 0.2) is 42.0 Å². The fourth-order valence-electron chi connectivity index (χ4n) is 2.19. The molecular weight excluding hydrogens is 294 g/mol. The van der Waals surface area contributed by atoms with Crippen LogP contribution in [0.3, 0.4) is 0 Å². The van der Waals surface area contributed by atoms with Gasteiger partial charge in [0.25, 0.3) is 5.91 Å². The number of hydrogen-bond donors (Lipinski definition) is 1. The summed E-state index contributed by atoms with van der Waals surface area (Å²) in [5.41, 5.74) is 1.89. The third-order valence-electron chi connectivity index (χ3n) is 3.51. The van der Waals surface area contributed by atoms with Crippen LogP contribution in [0.2, 0.25) is 0 Å². The van der Waals surface area contributed by atoms with E-state index in [0.29, 0.717) is 11.4 Å². The van der Waals surface area contributed by atoms with Crippen LogP contribution in [-0.4, -0.2) is 15.9 Å². The predicted molar refractivity (Wildman–Crippen MR) is 90.5 cm³/mol. The van der Waals surface area contributed by atoms with E-state index in [2.05, 4.69) is 36.1 Å². The van der Waals surface area contributed by atoms with Crippen molar-refractivity contribution in [2.45, 2.75) is 26.2 Å². The summed E-state index contributed by atoms with van der Waals surface area (Å²) in [5.74, 6) is 0.391. The first-order valence-electron chi connectivity index (χ1n) is 7.05. The summed E-state index contributed by atoms with van der Waals surface area (Å²) in [6.45, 7) is 6.45. The lowest BCUT2D eigenvalue weighted by Crippen LogP contribution is -2.15. The van der Waals surface area contributed by atoms with Crippen molar-refractivity contribution < 1.29 is 4.79 Å². The van der Waals surface area contributed by atoms with Gasteiger partial charge in [-0.05, 0) is 34.6 Å². The summed E-state index contributed by atoms with van der Waals surface area (Å²) in [7, 11) is 0. The second kappa shape index (κ2) is 5.50. The zero-order chi connectivity index (χ0) is 15.7. The Morgan fingerprint density at radius 2 is 1.82 bits per heavy atom. The average Bonchev–Trinajstić information content (AvgIpc) is 2.96. The highest BCUT2D eigenvalue weighted by Crippen LogP contribution is 2.25. The molecule has 0 bridgehead atoms. The van der Waals surface area contributed by atoms with Gasteiger partial charge in [-0.1, -0.05) is 32.9 Å². The molecule has 0 atom stereocenters. The first kappa shape index (κ1) is 14.7. The third-order valence-corrected chi connectivity index (χ3v) is 4.33. The van der Waals surface area contributed by atoms with Gasteiger partial charge in [0.15, 0.2) is 0 Å². The van der Waals surface area contributed by atoms with Crippen LogP contribution in [0, 0.1) is 0 Å². The van der Waals surface area contributed by atoms with E-state index in [9.17, 15) is 4.79 Å². The number of anilines is 1. The van der Waals surface area contributed by atoms with Crippen molar-refractivity contribution in [3.05, 3.63) is 53.2 Å². The number of hydrogen-bond acceptors (Lipinski definition) is 4. The molecule has 1 amide bonds. The molecule has 5 heteroatoms. The molecule has 1 aromatic carbocycles. The molecule has 0 fully saturated rings. The topological polar surface area (TPSA) is 54.9 Å². The maximum atomic E-state index is 12.4. The van der Waals surface area contributed by atoms with Crippen molar-refractivity contribution in [1.29, 1.82) is 0 Å². The first-order chi connectivity index (χ1) is 10.4. The largest absolute Gasteiger partial charge is 0.306 e. The van der Waals surface area contributed by atoms with Crippen LogP contribution in [-0.2, 0) is 5.41 Å². The lowest BCUT2D eigenvalue weighted by molar-refractivity contribution is 0.102. The van der Waals surface area contributed by atoms with E-state index in [1.807, 2.05) is 35.7 Å². The second-order valence-corrected chi connectivity index (χ2v) is 7.04. The summed E-state index contributed by atoms with van der Waals surface area (Å²) in [5, 5.41) is 5.67. The number of amides is 1. The minimum atomic E-state index is -0.161. The molecule has 0 radical (unpaired) electrons. The molecule has 3 aromatic rings. The molecule has 2 heterocycles. The van der Waals surface area contributed by atoms with Crippen LogP contribution in [0.4, 0.5) is 5.82 Å². The summed E-state index contributed by atoms with van der Waals surface area (Å²) in [6.07, 6.45) is 1.47. The standard InChI is InChI=1S/C17H17N3OS/c1-17(2,3)12-6-4-11(5-7-12)15(21)20-14-13-8-9-22-16(13)19-10-18-14/h4-10H,1-3H3,(H,18,19,20,21). The van der Waals surface area contributed by atoms with E-state index in [4.69, 9.17) is 0 Å². The summed E-state index contributed by atoms with van der Waals surface area (Å²) in [4.78, 5) is 21.6. The van der Waals surface area contributed by atoms with Gasteiger partial charge in [-0.25, -0.2) is 9.97 Å². The first-order valence-corrected chi connectivity index (χ1v) is 7.93. The van der Waals surface area contributed by atoms with E-state index in [-0.39, 0.29) is 11.3 Å². The van der Waals surface area contributed by atoms with Gasteiger partial charge in [0.1, 0.15) is 17.0 Å². The molecule has 0 unspecified atom stereocenters. The molecule has 3 rings (SSSR count). The van der Waals surface area contributed by atoms with E-state index in [1.54, 1.807) is 0 Å². The van der Waals surface area contributed by atoms with Gasteiger partial charge in [-0.2, -0.15) is 0 Å². The van der Waals surface area contributed by atoms with Gasteiger partial charge in [-0.15, -0.1) is 11.3 Å². The molecule has 0 saturated carbocycles. The smallest absolute Gasteiger partial charge is 0.256 e. The van der Waals surface area contributed by atoms with Gasteiger partial charge >= 0.3 is 0 Å². The number of carbonyl (C=O) groups excluding carboxylic acids is 1. The highest BCUT2D eigenvalue weighted by atomic mass is 32.1. The zero-order valence-corrected chi connectivity index (χ0v) is 13.6. The lowest BCUT2D eigenvalue weighted by Gasteiger charge is -2.19. The molecule has 0 aliphatic carbocycles. The Bertz CT molecular complexity index is 816. The maximum absolute atomic E-state index is 12.4. The highest BCUT2D eigenvalue weighted by Gasteiger charge is 2.15. The summed E-state index contributed by atoms with van der Waals surface area (Å²) < 4.78 is 0. The van der Waals surface area contributed by atoms with Gasteiger partial charge < -0.3 is 5.32 Å². The van der Waals surface area contributed by atoms with E-state index < -0.39 is 0 Å². The quantitative estimate of drug-likeness (QED) is 0.770. The van der Waals surface area contributed by atoms with E-state index in [1.165, 1.54) is 23.2 Å². The minimum Gasteiger partial charge on any atom is -0.306 e. The summed E-state index contributed by atoms with van der Waals surface area (Å²) >= 11 is 1.53. The lowest BCUT2D eigenvalue weighted by atomic mass is 9.87.